The standard InChI is InChI=1S/C20H20FN3O5/c21-16-6-3-14(4-7-16)12-22-19(25)13-29-20(26)15-5-8-17(18(11-15)24(27)28)23-9-1-2-10-23/h3-8,11H,1-2,9-10,12-13H2,(H,22,25). The lowest BCUT2D eigenvalue weighted by Crippen LogP contribution is -2.28. The summed E-state index contributed by atoms with van der Waals surface area (Å²) < 4.78 is 17.8. The van der Waals surface area contributed by atoms with Crippen molar-refractivity contribution < 1.29 is 23.6 Å². The summed E-state index contributed by atoms with van der Waals surface area (Å²) >= 11 is 0. The van der Waals surface area contributed by atoms with Crippen LogP contribution in [0.3, 0.4) is 0 Å². The van der Waals surface area contributed by atoms with Crippen molar-refractivity contribution >= 4 is 23.3 Å². The zero-order valence-corrected chi connectivity index (χ0v) is 15.6. The van der Waals surface area contributed by atoms with Crippen LogP contribution in [0.25, 0.3) is 0 Å². The molecule has 0 bridgehead atoms. The number of carbonyl (C=O) groups excluding carboxylic acids is 2. The number of rotatable bonds is 7. The summed E-state index contributed by atoms with van der Waals surface area (Å²) in [6, 6.07) is 9.78. The molecule has 0 unspecified atom stereocenters. The van der Waals surface area contributed by atoms with Crippen LogP contribution in [0.5, 0.6) is 0 Å². The number of esters is 1. The third kappa shape index (κ3) is 5.28. The minimum Gasteiger partial charge on any atom is -0.452 e. The van der Waals surface area contributed by atoms with E-state index in [1.54, 1.807) is 0 Å². The van der Waals surface area contributed by atoms with E-state index in [1.807, 2.05) is 4.90 Å². The predicted octanol–water partition coefficient (Wildman–Crippen LogP) is 2.81. The van der Waals surface area contributed by atoms with Crippen LogP contribution in [0.2, 0.25) is 0 Å². The van der Waals surface area contributed by atoms with Crippen molar-refractivity contribution in [1.29, 1.82) is 0 Å². The molecule has 0 saturated carbocycles. The quantitative estimate of drug-likeness (QED) is 0.435. The Morgan fingerprint density at radius 2 is 1.83 bits per heavy atom. The molecule has 9 heteroatoms. The smallest absolute Gasteiger partial charge is 0.338 e. The van der Waals surface area contributed by atoms with Crippen LogP contribution in [0.1, 0.15) is 28.8 Å². The Hall–Kier alpha value is -3.49. The molecule has 1 saturated heterocycles. The lowest BCUT2D eigenvalue weighted by atomic mass is 10.1. The number of hydrogen-bond donors (Lipinski definition) is 1. The summed E-state index contributed by atoms with van der Waals surface area (Å²) in [6.07, 6.45) is 1.93. The number of amides is 1. The molecule has 1 aliphatic rings. The van der Waals surface area contributed by atoms with Gasteiger partial charge in [-0.05, 0) is 42.7 Å². The third-order valence-corrected chi connectivity index (χ3v) is 4.59. The molecule has 0 aromatic heterocycles. The Balaban J connectivity index is 1.57. The maximum Gasteiger partial charge on any atom is 0.338 e. The molecule has 29 heavy (non-hydrogen) atoms. The lowest BCUT2D eigenvalue weighted by molar-refractivity contribution is -0.384. The van der Waals surface area contributed by atoms with Crippen LogP contribution in [0, 0.1) is 15.9 Å². The first-order valence-corrected chi connectivity index (χ1v) is 9.15. The monoisotopic (exact) mass is 401 g/mol. The van der Waals surface area contributed by atoms with Crippen LogP contribution >= 0.6 is 0 Å². The summed E-state index contributed by atoms with van der Waals surface area (Å²) in [7, 11) is 0. The van der Waals surface area contributed by atoms with Gasteiger partial charge in [0.25, 0.3) is 11.6 Å². The summed E-state index contributed by atoms with van der Waals surface area (Å²) in [5.41, 5.74) is 1.01. The van der Waals surface area contributed by atoms with Crippen molar-refractivity contribution in [3.63, 3.8) is 0 Å². The van der Waals surface area contributed by atoms with E-state index in [-0.39, 0.29) is 23.6 Å². The minimum atomic E-state index is -0.821. The van der Waals surface area contributed by atoms with E-state index in [4.69, 9.17) is 4.74 Å². The van der Waals surface area contributed by atoms with Crippen molar-refractivity contribution in [2.24, 2.45) is 0 Å². The number of nitrogens with zero attached hydrogens (tertiary/aromatic N) is 2. The number of nitro groups is 1. The number of hydrogen-bond acceptors (Lipinski definition) is 6. The van der Waals surface area contributed by atoms with Gasteiger partial charge in [-0.1, -0.05) is 12.1 Å². The highest BCUT2D eigenvalue weighted by Gasteiger charge is 2.24. The molecule has 2 aromatic rings. The molecular weight excluding hydrogens is 381 g/mol. The fraction of sp³-hybridized carbons (Fsp3) is 0.300. The van der Waals surface area contributed by atoms with E-state index >= 15 is 0 Å². The highest BCUT2D eigenvalue weighted by Crippen LogP contribution is 2.31. The second-order valence-corrected chi connectivity index (χ2v) is 6.63. The van der Waals surface area contributed by atoms with Gasteiger partial charge in [0.1, 0.15) is 11.5 Å². The molecule has 0 atom stereocenters. The Labute approximate surface area is 166 Å². The van der Waals surface area contributed by atoms with Crippen LogP contribution in [0.4, 0.5) is 15.8 Å². The molecule has 152 valence electrons. The average Bonchev–Trinajstić information content (AvgIpc) is 3.25. The molecule has 1 fully saturated rings. The highest BCUT2D eigenvalue weighted by atomic mass is 19.1. The highest BCUT2D eigenvalue weighted by molar-refractivity contribution is 5.93. The van der Waals surface area contributed by atoms with Gasteiger partial charge in [-0.25, -0.2) is 9.18 Å². The molecule has 0 spiro atoms. The van der Waals surface area contributed by atoms with E-state index in [1.165, 1.54) is 42.5 Å². The maximum absolute atomic E-state index is 12.9. The predicted molar refractivity (Wildman–Crippen MR) is 103 cm³/mol. The first-order chi connectivity index (χ1) is 13.9. The van der Waals surface area contributed by atoms with Crippen LogP contribution in [-0.2, 0) is 16.1 Å². The molecule has 1 heterocycles. The Kier molecular flexibility index (Phi) is 6.38. The molecular formula is C20H20FN3O5. The lowest BCUT2D eigenvalue weighted by Gasteiger charge is -2.17. The molecule has 8 nitrogen and oxygen atoms in total. The fourth-order valence-corrected chi connectivity index (χ4v) is 3.09. The second-order valence-electron chi connectivity index (χ2n) is 6.63. The summed E-state index contributed by atoms with van der Waals surface area (Å²) in [6.45, 7) is 1.10. The van der Waals surface area contributed by atoms with Gasteiger partial charge in [-0.15, -0.1) is 0 Å². The first kappa shape index (κ1) is 20.2. The number of ether oxygens (including phenoxy) is 1. The molecule has 1 amide bonds. The molecule has 1 aliphatic heterocycles. The van der Waals surface area contributed by atoms with Crippen molar-refractivity contribution in [3.8, 4) is 0 Å². The molecule has 0 aliphatic carbocycles. The molecule has 3 rings (SSSR count). The number of anilines is 1. The Bertz CT molecular complexity index is 911. The number of nitro benzene ring substituents is 1. The van der Waals surface area contributed by atoms with Gasteiger partial charge < -0.3 is 15.0 Å². The number of benzene rings is 2. The molecule has 1 N–H and O–H groups in total. The van der Waals surface area contributed by atoms with Gasteiger partial charge in [-0.2, -0.15) is 0 Å². The largest absolute Gasteiger partial charge is 0.452 e. The van der Waals surface area contributed by atoms with Crippen molar-refractivity contribution in [3.05, 3.63) is 69.5 Å². The SMILES string of the molecule is O=C(COC(=O)c1ccc(N2CCCC2)c([N+](=O)[O-])c1)NCc1ccc(F)cc1. The van der Waals surface area contributed by atoms with E-state index in [0.717, 1.165) is 25.9 Å². The van der Waals surface area contributed by atoms with Gasteiger partial charge >= 0.3 is 5.97 Å². The van der Waals surface area contributed by atoms with Crippen molar-refractivity contribution in [2.75, 3.05) is 24.6 Å². The van der Waals surface area contributed by atoms with Gasteiger partial charge in [0, 0.05) is 25.7 Å². The third-order valence-electron chi connectivity index (χ3n) is 4.59. The maximum atomic E-state index is 12.9. The van der Waals surface area contributed by atoms with Gasteiger partial charge in [0.2, 0.25) is 0 Å². The van der Waals surface area contributed by atoms with Crippen molar-refractivity contribution in [1.82, 2.24) is 5.32 Å². The summed E-state index contributed by atoms with van der Waals surface area (Å²) in [5, 5.41) is 13.9. The van der Waals surface area contributed by atoms with E-state index in [2.05, 4.69) is 5.32 Å². The summed E-state index contributed by atoms with van der Waals surface area (Å²) in [4.78, 5) is 36.8. The van der Waals surface area contributed by atoms with Crippen LogP contribution in [0.15, 0.2) is 42.5 Å². The number of carbonyl (C=O) groups is 2. The average molecular weight is 401 g/mol. The Morgan fingerprint density at radius 1 is 1.14 bits per heavy atom. The van der Waals surface area contributed by atoms with Gasteiger partial charge in [0.15, 0.2) is 6.61 Å². The second kappa shape index (κ2) is 9.13. The number of nitrogens with one attached hydrogen (secondary N) is 1. The van der Waals surface area contributed by atoms with Gasteiger partial charge in [0.05, 0.1) is 10.5 Å². The normalized spacial score (nSPS) is 13.2. The zero-order chi connectivity index (χ0) is 20.8. The first-order valence-electron chi connectivity index (χ1n) is 9.15. The Morgan fingerprint density at radius 3 is 2.48 bits per heavy atom. The molecule has 0 radical (unpaired) electrons. The minimum absolute atomic E-state index is 0.00554. The van der Waals surface area contributed by atoms with E-state index in [9.17, 15) is 24.1 Å². The van der Waals surface area contributed by atoms with E-state index in [0.29, 0.717) is 11.3 Å². The molecule has 2 aromatic carbocycles. The summed E-state index contributed by atoms with van der Waals surface area (Å²) in [5.74, 6) is -1.73. The van der Waals surface area contributed by atoms with Crippen LogP contribution < -0.4 is 10.2 Å². The number of halogens is 1. The van der Waals surface area contributed by atoms with E-state index < -0.39 is 23.4 Å². The fourth-order valence-electron chi connectivity index (χ4n) is 3.09. The van der Waals surface area contributed by atoms with Crippen molar-refractivity contribution in [2.45, 2.75) is 19.4 Å². The van der Waals surface area contributed by atoms with Crippen LogP contribution in [-0.4, -0.2) is 36.5 Å². The zero-order valence-electron chi connectivity index (χ0n) is 15.6. The van der Waals surface area contributed by atoms with Gasteiger partial charge in [-0.3, -0.25) is 14.9 Å². The topological polar surface area (TPSA) is 102 Å².